The quantitative estimate of drug-likeness (QED) is 0.788. The predicted octanol–water partition coefficient (Wildman–Crippen LogP) is 4.10. The van der Waals surface area contributed by atoms with E-state index in [1.165, 1.54) is 0 Å². The summed E-state index contributed by atoms with van der Waals surface area (Å²) < 4.78 is 0. The number of nitrogens with zero attached hydrogens (tertiary/aromatic N) is 1. The normalized spacial score (nSPS) is 10.8. The molecule has 0 unspecified atom stereocenters. The highest BCUT2D eigenvalue weighted by atomic mass is 32.1. The second kappa shape index (κ2) is 6.28. The molecule has 112 valence electrons. The summed E-state index contributed by atoms with van der Waals surface area (Å²) in [6.45, 7) is 4.61. The maximum atomic E-state index is 12.7. The van der Waals surface area contributed by atoms with Gasteiger partial charge in [0.05, 0.1) is 17.6 Å². The molecule has 1 amide bonds. The third-order valence-corrected chi connectivity index (χ3v) is 4.68. The van der Waals surface area contributed by atoms with Gasteiger partial charge in [-0.25, -0.2) is 0 Å². The molecule has 0 aliphatic carbocycles. The number of amides is 1. The Balaban J connectivity index is 2.00. The van der Waals surface area contributed by atoms with Crippen LogP contribution in [-0.4, -0.2) is 10.9 Å². The van der Waals surface area contributed by atoms with Crippen LogP contribution in [0, 0.1) is 6.92 Å². The zero-order valence-electron chi connectivity index (χ0n) is 12.7. The predicted molar refractivity (Wildman–Crippen MR) is 91.3 cm³/mol. The molecule has 0 fully saturated rings. The van der Waals surface area contributed by atoms with Crippen molar-refractivity contribution in [2.24, 2.45) is 0 Å². The van der Waals surface area contributed by atoms with E-state index in [-0.39, 0.29) is 5.91 Å². The number of carbonyl (C=O) groups is 1. The van der Waals surface area contributed by atoms with Gasteiger partial charge in [-0.2, -0.15) is 0 Å². The number of carbonyl (C=O) groups excluding carboxylic acids is 1. The van der Waals surface area contributed by atoms with Gasteiger partial charge in [-0.05, 0) is 36.4 Å². The van der Waals surface area contributed by atoms with Gasteiger partial charge in [-0.1, -0.05) is 31.2 Å². The Bertz CT molecular complexity index is 809. The Kier molecular flexibility index (Phi) is 4.20. The average Bonchev–Trinajstić information content (AvgIpc) is 3.05. The van der Waals surface area contributed by atoms with Gasteiger partial charge < -0.3 is 5.32 Å². The Labute approximate surface area is 134 Å². The molecule has 0 spiro atoms. The fourth-order valence-corrected chi connectivity index (χ4v) is 3.31. The molecule has 1 aromatic carbocycles. The molecular formula is C18H18N2OS. The molecule has 0 aliphatic rings. The first-order valence-corrected chi connectivity index (χ1v) is 8.27. The van der Waals surface area contributed by atoms with Crippen molar-refractivity contribution in [3.63, 3.8) is 0 Å². The number of aromatic nitrogens is 1. The summed E-state index contributed by atoms with van der Waals surface area (Å²) in [6, 6.07) is 11.9. The van der Waals surface area contributed by atoms with Crippen molar-refractivity contribution in [3.8, 4) is 0 Å². The van der Waals surface area contributed by atoms with Gasteiger partial charge >= 0.3 is 0 Å². The summed E-state index contributed by atoms with van der Waals surface area (Å²) in [7, 11) is 0. The van der Waals surface area contributed by atoms with Crippen LogP contribution in [0.4, 0.5) is 0 Å². The minimum atomic E-state index is -0.0285. The van der Waals surface area contributed by atoms with E-state index >= 15 is 0 Å². The molecular weight excluding hydrogens is 292 g/mol. The number of hydrogen-bond acceptors (Lipinski definition) is 3. The van der Waals surface area contributed by atoms with Crippen LogP contribution in [0.25, 0.3) is 10.9 Å². The number of aryl methyl sites for hydroxylation is 1. The van der Waals surface area contributed by atoms with E-state index in [9.17, 15) is 4.79 Å². The molecule has 2 heterocycles. The fraction of sp³-hybridized carbons (Fsp3) is 0.222. The van der Waals surface area contributed by atoms with Crippen molar-refractivity contribution >= 4 is 28.1 Å². The van der Waals surface area contributed by atoms with Gasteiger partial charge in [0.1, 0.15) is 0 Å². The van der Waals surface area contributed by atoms with Crippen LogP contribution in [0.1, 0.15) is 33.4 Å². The standard InChI is InChI=1S/C18H18N2OS/c1-3-15-12(2)17(14-8-4-5-9-16(14)20-15)18(21)19-11-13-7-6-10-22-13/h4-10H,3,11H2,1-2H3,(H,19,21). The minimum Gasteiger partial charge on any atom is -0.347 e. The monoisotopic (exact) mass is 310 g/mol. The van der Waals surface area contributed by atoms with Crippen molar-refractivity contribution < 1.29 is 4.79 Å². The number of benzene rings is 1. The molecule has 3 aromatic rings. The van der Waals surface area contributed by atoms with Crippen molar-refractivity contribution in [3.05, 3.63) is 63.5 Å². The van der Waals surface area contributed by atoms with E-state index in [1.807, 2.05) is 48.7 Å². The minimum absolute atomic E-state index is 0.0285. The van der Waals surface area contributed by atoms with Gasteiger partial charge in [0.25, 0.3) is 5.91 Å². The molecule has 0 saturated heterocycles. The van der Waals surface area contributed by atoms with E-state index in [4.69, 9.17) is 0 Å². The first-order valence-electron chi connectivity index (χ1n) is 7.39. The molecule has 0 atom stereocenters. The summed E-state index contributed by atoms with van der Waals surface area (Å²) in [4.78, 5) is 18.5. The largest absolute Gasteiger partial charge is 0.347 e. The van der Waals surface area contributed by atoms with Crippen LogP contribution in [0.15, 0.2) is 41.8 Å². The van der Waals surface area contributed by atoms with E-state index in [2.05, 4.69) is 17.2 Å². The van der Waals surface area contributed by atoms with Crippen LogP contribution in [0.2, 0.25) is 0 Å². The topological polar surface area (TPSA) is 42.0 Å². The lowest BCUT2D eigenvalue weighted by molar-refractivity contribution is 0.0952. The zero-order valence-corrected chi connectivity index (χ0v) is 13.5. The highest BCUT2D eigenvalue weighted by Crippen LogP contribution is 2.23. The van der Waals surface area contributed by atoms with Crippen LogP contribution < -0.4 is 5.32 Å². The third-order valence-electron chi connectivity index (χ3n) is 3.80. The van der Waals surface area contributed by atoms with E-state index < -0.39 is 0 Å². The molecule has 2 aromatic heterocycles. The van der Waals surface area contributed by atoms with E-state index in [0.29, 0.717) is 6.54 Å². The van der Waals surface area contributed by atoms with Crippen LogP contribution >= 0.6 is 11.3 Å². The first kappa shape index (κ1) is 14.7. The lowest BCUT2D eigenvalue weighted by Gasteiger charge is -2.13. The van der Waals surface area contributed by atoms with Gasteiger partial charge in [0.2, 0.25) is 0 Å². The molecule has 3 nitrogen and oxygen atoms in total. The van der Waals surface area contributed by atoms with Crippen molar-refractivity contribution in [2.45, 2.75) is 26.8 Å². The Hall–Kier alpha value is -2.20. The number of para-hydroxylation sites is 1. The van der Waals surface area contributed by atoms with Gasteiger partial charge in [0, 0.05) is 16.0 Å². The number of hydrogen-bond donors (Lipinski definition) is 1. The van der Waals surface area contributed by atoms with Crippen molar-refractivity contribution in [1.29, 1.82) is 0 Å². The molecule has 0 bridgehead atoms. The maximum absolute atomic E-state index is 12.7. The molecule has 0 radical (unpaired) electrons. The summed E-state index contributed by atoms with van der Waals surface area (Å²) in [5.74, 6) is -0.0285. The lowest BCUT2D eigenvalue weighted by atomic mass is 9.99. The molecule has 1 N–H and O–H groups in total. The zero-order chi connectivity index (χ0) is 15.5. The second-order valence-corrected chi connectivity index (χ2v) is 6.22. The van der Waals surface area contributed by atoms with Gasteiger partial charge in [0.15, 0.2) is 0 Å². The Morgan fingerprint density at radius 1 is 1.23 bits per heavy atom. The van der Waals surface area contributed by atoms with Crippen LogP contribution in [0.5, 0.6) is 0 Å². The molecule has 4 heteroatoms. The number of pyridine rings is 1. The van der Waals surface area contributed by atoms with Gasteiger partial charge in [-0.3, -0.25) is 9.78 Å². The summed E-state index contributed by atoms with van der Waals surface area (Å²) in [5.41, 5.74) is 3.59. The SMILES string of the molecule is CCc1nc2ccccc2c(C(=O)NCc2cccs2)c1C. The van der Waals surface area contributed by atoms with Crippen LogP contribution in [-0.2, 0) is 13.0 Å². The maximum Gasteiger partial charge on any atom is 0.252 e. The molecule has 22 heavy (non-hydrogen) atoms. The van der Waals surface area contributed by atoms with E-state index in [1.54, 1.807) is 11.3 Å². The fourth-order valence-electron chi connectivity index (χ4n) is 2.66. The molecule has 0 saturated carbocycles. The Morgan fingerprint density at radius 2 is 2.05 bits per heavy atom. The van der Waals surface area contributed by atoms with Crippen LogP contribution in [0.3, 0.4) is 0 Å². The number of rotatable bonds is 4. The Morgan fingerprint density at radius 3 is 2.77 bits per heavy atom. The summed E-state index contributed by atoms with van der Waals surface area (Å²) in [6.07, 6.45) is 0.821. The second-order valence-electron chi connectivity index (χ2n) is 5.19. The number of thiophene rings is 1. The average molecular weight is 310 g/mol. The van der Waals surface area contributed by atoms with E-state index in [0.717, 1.165) is 39.0 Å². The molecule has 3 rings (SSSR count). The molecule has 0 aliphatic heterocycles. The smallest absolute Gasteiger partial charge is 0.252 e. The third kappa shape index (κ3) is 2.74. The van der Waals surface area contributed by atoms with Crippen molar-refractivity contribution in [1.82, 2.24) is 10.3 Å². The lowest BCUT2D eigenvalue weighted by Crippen LogP contribution is -2.24. The highest BCUT2D eigenvalue weighted by molar-refractivity contribution is 7.09. The first-order chi connectivity index (χ1) is 10.7. The number of nitrogens with one attached hydrogen (secondary N) is 1. The van der Waals surface area contributed by atoms with Gasteiger partial charge in [-0.15, -0.1) is 11.3 Å². The summed E-state index contributed by atoms with van der Waals surface area (Å²) in [5, 5.41) is 5.96. The summed E-state index contributed by atoms with van der Waals surface area (Å²) >= 11 is 1.65. The number of fused-ring (bicyclic) bond motifs is 1. The van der Waals surface area contributed by atoms with Crippen molar-refractivity contribution in [2.75, 3.05) is 0 Å². The highest BCUT2D eigenvalue weighted by Gasteiger charge is 2.17.